The second-order valence-electron chi connectivity index (χ2n) is 12.5. The molecule has 0 saturated carbocycles. The Morgan fingerprint density at radius 3 is 2.17 bits per heavy atom. The maximum absolute atomic E-state index is 14.2. The van der Waals surface area contributed by atoms with Gasteiger partial charge in [0, 0.05) is 22.0 Å². The summed E-state index contributed by atoms with van der Waals surface area (Å²) < 4.78 is 10.6. The molecule has 1 aliphatic heterocycles. The van der Waals surface area contributed by atoms with Crippen molar-refractivity contribution in [2.24, 2.45) is 0 Å². The lowest BCUT2D eigenvalue weighted by Crippen LogP contribution is -2.39. The summed E-state index contributed by atoms with van der Waals surface area (Å²) in [5, 5.41) is 13.4. The minimum Gasteiger partial charge on any atom is -0.478 e. The molecule has 4 aromatic rings. The van der Waals surface area contributed by atoms with Crippen LogP contribution in [0.3, 0.4) is 0 Å². The lowest BCUT2D eigenvalue weighted by Gasteiger charge is -2.30. The molecule has 11 nitrogen and oxygen atoms in total. The standard InChI is InChI=1S/C36H31Cl4N3O8S2/c1-36(2,3)51-35(49)43-14-13-20-21(16-43)53-32(22(20)34(48)50-4)42-31(45)29(17-9-6-5-7-10-17)52-19-12-8-11-18(15-19)41-30(44)23-24(33(46)47)26(38)28(40)27(39)25(23)37/h5-12,15,29H,13-14,16H2,1-4H3,(H,41,44)(H,42,45)(H,46,47). The Balaban J connectivity index is 1.43. The number of esters is 1. The number of hydrogen-bond acceptors (Lipinski definition) is 9. The van der Waals surface area contributed by atoms with Gasteiger partial charge >= 0.3 is 18.0 Å². The predicted octanol–water partition coefficient (Wildman–Crippen LogP) is 9.86. The highest BCUT2D eigenvalue weighted by Gasteiger charge is 2.34. The van der Waals surface area contributed by atoms with Gasteiger partial charge in [0.05, 0.1) is 50.4 Å². The Labute approximate surface area is 332 Å². The molecule has 1 aromatic heterocycles. The highest BCUT2D eigenvalue weighted by molar-refractivity contribution is 8.00. The van der Waals surface area contributed by atoms with Crippen LogP contribution in [0.25, 0.3) is 0 Å². The van der Waals surface area contributed by atoms with Crippen LogP contribution in [0.5, 0.6) is 0 Å². The largest absolute Gasteiger partial charge is 0.478 e. The van der Waals surface area contributed by atoms with Crippen LogP contribution < -0.4 is 10.6 Å². The molecule has 0 fully saturated rings. The quantitative estimate of drug-likeness (QED) is 0.0648. The highest BCUT2D eigenvalue weighted by atomic mass is 35.5. The molecular weight excluding hydrogens is 808 g/mol. The van der Waals surface area contributed by atoms with Gasteiger partial charge in [0.1, 0.15) is 15.9 Å². The number of fused-ring (bicyclic) bond motifs is 1. The Morgan fingerprint density at radius 2 is 1.55 bits per heavy atom. The van der Waals surface area contributed by atoms with Crippen molar-refractivity contribution >= 4 is 110 Å². The Morgan fingerprint density at radius 1 is 0.887 bits per heavy atom. The SMILES string of the molecule is COC(=O)c1c(NC(=O)C(Sc2cccc(NC(=O)c3c(Cl)c(Cl)c(Cl)c(Cl)c3C(=O)O)c2)c2ccccc2)sc2c1CCN(C(=O)OC(C)(C)C)C2. The van der Waals surface area contributed by atoms with Crippen LogP contribution >= 0.6 is 69.5 Å². The second-order valence-corrected chi connectivity index (χ2v) is 16.3. The number of amides is 3. The number of rotatable bonds is 9. The third-order valence-electron chi connectivity index (χ3n) is 7.73. The zero-order chi connectivity index (χ0) is 38.8. The summed E-state index contributed by atoms with van der Waals surface area (Å²) in [5.74, 6) is -3.52. The van der Waals surface area contributed by atoms with Gasteiger partial charge in [-0.2, -0.15) is 0 Å². The van der Waals surface area contributed by atoms with Gasteiger partial charge in [-0.25, -0.2) is 14.4 Å². The molecule has 3 N–H and O–H groups in total. The van der Waals surface area contributed by atoms with E-state index < -0.39 is 56.8 Å². The first-order chi connectivity index (χ1) is 25.0. The summed E-state index contributed by atoms with van der Waals surface area (Å²) in [6.07, 6.45) is -0.124. The number of nitrogens with one attached hydrogen (secondary N) is 2. The van der Waals surface area contributed by atoms with Crippen molar-refractivity contribution in [2.45, 2.75) is 49.5 Å². The molecule has 3 amide bonds. The number of hydrogen-bond donors (Lipinski definition) is 3. The van der Waals surface area contributed by atoms with Gasteiger partial charge in [0.2, 0.25) is 5.91 Å². The number of carboxylic acids is 1. The zero-order valence-corrected chi connectivity index (χ0v) is 33.1. The number of benzene rings is 3. The van der Waals surface area contributed by atoms with Crippen molar-refractivity contribution in [1.82, 2.24) is 4.90 Å². The fourth-order valence-corrected chi connectivity index (χ4v) is 8.75. The van der Waals surface area contributed by atoms with Gasteiger partial charge < -0.3 is 30.1 Å². The molecule has 0 bridgehead atoms. The van der Waals surface area contributed by atoms with Crippen LogP contribution in [0.1, 0.15) is 73.1 Å². The van der Waals surface area contributed by atoms with E-state index in [1.165, 1.54) is 18.4 Å². The summed E-state index contributed by atoms with van der Waals surface area (Å²) >= 11 is 26.9. The summed E-state index contributed by atoms with van der Waals surface area (Å²) in [6, 6.07) is 15.5. The first-order valence-corrected chi connectivity index (χ1v) is 18.9. The van der Waals surface area contributed by atoms with E-state index in [1.807, 2.05) is 6.07 Å². The maximum atomic E-state index is 14.2. The van der Waals surface area contributed by atoms with Crippen LogP contribution in [0.15, 0.2) is 59.5 Å². The second kappa shape index (κ2) is 16.6. The summed E-state index contributed by atoms with van der Waals surface area (Å²) in [4.78, 5) is 68.3. The fourth-order valence-electron chi connectivity index (χ4n) is 5.39. The molecule has 1 atom stereocenters. The number of thioether (sulfide) groups is 1. The maximum Gasteiger partial charge on any atom is 0.410 e. The normalized spacial score (nSPS) is 13.1. The Hall–Kier alpha value is -3.98. The topological polar surface area (TPSA) is 151 Å². The van der Waals surface area contributed by atoms with E-state index >= 15 is 0 Å². The van der Waals surface area contributed by atoms with E-state index in [0.29, 0.717) is 29.0 Å². The lowest BCUT2D eigenvalue weighted by atomic mass is 10.0. The molecule has 1 aliphatic rings. The molecule has 53 heavy (non-hydrogen) atoms. The third kappa shape index (κ3) is 9.05. The monoisotopic (exact) mass is 837 g/mol. The van der Waals surface area contributed by atoms with Gasteiger partial charge in [-0.05, 0) is 56.5 Å². The number of carbonyl (C=O) groups is 5. The molecule has 5 rings (SSSR count). The fraction of sp³-hybridized carbons (Fsp3) is 0.250. The van der Waals surface area contributed by atoms with Gasteiger partial charge in [-0.15, -0.1) is 23.1 Å². The predicted molar refractivity (Wildman–Crippen MR) is 208 cm³/mol. The number of carboxylic acid groups (broad SMARTS) is 1. The van der Waals surface area contributed by atoms with Gasteiger partial charge in [-0.1, -0.05) is 82.8 Å². The number of ether oxygens (including phenoxy) is 2. The first kappa shape index (κ1) is 40.2. The highest BCUT2D eigenvalue weighted by Crippen LogP contribution is 2.43. The van der Waals surface area contributed by atoms with Crippen molar-refractivity contribution in [3.05, 3.63) is 107 Å². The van der Waals surface area contributed by atoms with E-state index in [0.717, 1.165) is 16.6 Å². The van der Waals surface area contributed by atoms with Gasteiger partial charge in [0.15, 0.2) is 0 Å². The summed E-state index contributed by atoms with van der Waals surface area (Å²) in [6.45, 7) is 5.85. The van der Waals surface area contributed by atoms with Crippen molar-refractivity contribution in [3.8, 4) is 0 Å². The zero-order valence-electron chi connectivity index (χ0n) is 28.5. The average Bonchev–Trinajstić information content (AvgIpc) is 3.47. The number of halogens is 4. The number of methoxy groups -OCH3 is 1. The number of anilines is 2. The average molecular weight is 840 g/mol. The molecule has 0 radical (unpaired) electrons. The van der Waals surface area contributed by atoms with E-state index in [2.05, 4.69) is 10.6 Å². The molecule has 0 spiro atoms. The van der Waals surface area contributed by atoms with Crippen LogP contribution in [-0.4, -0.2) is 59.1 Å². The van der Waals surface area contributed by atoms with Crippen LogP contribution in [-0.2, 0) is 27.2 Å². The molecular formula is C36H31Cl4N3O8S2. The summed E-state index contributed by atoms with van der Waals surface area (Å²) in [7, 11) is 1.26. The van der Waals surface area contributed by atoms with E-state index in [4.69, 9.17) is 55.9 Å². The van der Waals surface area contributed by atoms with E-state index in [9.17, 15) is 29.1 Å². The van der Waals surface area contributed by atoms with Gasteiger partial charge in [-0.3, -0.25) is 9.59 Å². The van der Waals surface area contributed by atoms with Crippen LogP contribution in [0.2, 0.25) is 20.1 Å². The molecule has 0 saturated heterocycles. The Bertz CT molecular complexity index is 2120. The van der Waals surface area contributed by atoms with Crippen molar-refractivity contribution in [3.63, 3.8) is 0 Å². The molecule has 17 heteroatoms. The number of thiophene rings is 1. The first-order valence-electron chi connectivity index (χ1n) is 15.7. The van der Waals surface area contributed by atoms with Crippen molar-refractivity contribution in [1.29, 1.82) is 0 Å². The van der Waals surface area contributed by atoms with E-state index in [1.54, 1.807) is 74.2 Å². The smallest absolute Gasteiger partial charge is 0.410 e. The number of aromatic carboxylic acids is 1. The minimum atomic E-state index is -1.54. The minimum absolute atomic E-state index is 0.192. The third-order valence-corrected chi connectivity index (χ3v) is 11.9. The Kier molecular flexibility index (Phi) is 12.6. The molecule has 278 valence electrons. The van der Waals surface area contributed by atoms with Gasteiger partial charge in [0.25, 0.3) is 5.91 Å². The lowest BCUT2D eigenvalue weighted by molar-refractivity contribution is -0.115. The van der Waals surface area contributed by atoms with Crippen LogP contribution in [0, 0.1) is 0 Å². The van der Waals surface area contributed by atoms with Crippen molar-refractivity contribution in [2.75, 3.05) is 24.3 Å². The van der Waals surface area contributed by atoms with Crippen LogP contribution in [0.4, 0.5) is 15.5 Å². The van der Waals surface area contributed by atoms with E-state index in [-0.39, 0.29) is 37.9 Å². The van der Waals surface area contributed by atoms with Crippen molar-refractivity contribution < 1.29 is 38.6 Å². The molecule has 1 unspecified atom stereocenters. The molecule has 2 heterocycles. The molecule has 3 aromatic carbocycles. The summed E-state index contributed by atoms with van der Waals surface area (Å²) in [5.41, 5.74) is 0.0307. The number of carbonyl (C=O) groups excluding carboxylic acids is 4. The molecule has 0 aliphatic carbocycles. The number of nitrogens with zero attached hydrogens (tertiary/aromatic N) is 1.